The van der Waals surface area contributed by atoms with Crippen LogP contribution in [0.1, 0.15) is 117 Å². The number of imide groups is 2. The van der Waals surface area contributed by atoms with Crippen molar-refractivity contribution in [2.24, 2.45) is 0 Å². The molecule has 2 saturated heterocycles. The van der Waals surface area contributed by atoms with Crippen molar-refractivity contribution in [3.05, 3.63) is 95.1 Å². The zero-order valence-corrected chi connectivity index (χ0v) is 34.8. The maximum absolute atomic E-state index is 12.4. The first-order valence-corrected chi connectivity index (χ1v) is 26.5. The Hall–Kier alpha value is -4.52. The quantitative estimate of drug-likeness (QED) is 0.100. The second-order valence-corrected chi connectivity index (χ2v) is 27.0. The maximum Gasteiger partial charge on any atom is 0.363 e. The normalized spacial score (nSPS) is 14.2. The van der Waals surface area contributed by atoms with Crippen LogP contribution in [0, 0.1) is 0 Å². The van der Waals surface area contributed by atoms with Gasteiger partial charge in [0.15, 0.2) is 0 Å². The fourth-order valence-electron chi connectivity index (χ4n) is 6.64. The van der Waals surface area contributed by atoms with E-state index in [1.807, 2.05) is 48.5 Å². The van der Waals surface area contributed by atoms with Gasteiger partial charge in [-0.15, -0.1) is 5.06 Å². The molecule has 0 atom stereocenters. The first kappa shape index (κ1) is 42.2. The van der Waals surface area contributed by atoms with E-state index < -0.39 is 53.9 Å². The van der Waals surface area contributed by atoms with Gasteiger partial charge in [-0.2, -0.15) is 0 Å². The molecule has 0 bridgehead atoms. The molecule has 11 nitrogen and oxygen atoms in total. The molecule has 0 unspecified atom stereocenters. The Morgan fingerprint density at radius 1 is 0.556 bits per heavy atom. The number of methoxy groups -OCH3 is 1. The molecule has 2 heterocycles. The van der Waals surface area contributed by atoms with Crippen LogP contribution in [-0.2, 0) is 35.3 Å². The number of ether oxygens (including phenoxy) is 1. The van der Waals surface area contributed by atoms with Gasteiger partial charge in [0.2, 0.25) is 0 Å². The second-order valence-electron chi connectivity index (χ2n) is 13.8. The van der Waals surface area contributed by atoms with Crippen LogP contribution >= 0.6 is 0 Å². The SMILES string of the molecule is CCC[CH2][Sn]([CH2]CCC)([CH2]CCC)[c]1ccc(C(=O)ON2C(=O)CCC2=O)cc1.COc1ccc(Cc2ccc(C(=O)ON3C(=O)CCC3=O)cc2)cc1. The predicted molar refractivity (Wildman–Crippen MR) is 206 cm³/mol. The Bertz CT molecular complexity index is 1700. The van der Waals surface area contributed by atoms with Crippen LogP contribution in [-0.4, -0.2) is 71.2 Å². The van der Waals surface area contributed by atoms with E-state index in [2.05, 4.69) is 32.9 Å². The topological polar surface area (TPSA) is 137 Å². The summed E-state index contributed by atoms with van der Waals surface area (Å²) in [5.74, 6) is -2.45. The van der Waals surface area contributed by atoms with Gasteiger partial charge < -0.3 is 9.57 Å². The van der Waals surface area contributed by atoms with Crippen LogP contribution in [0.15, 0.2) is 72.8 Å². The third kappa shape index (κ3) is 11.5. The number of hydrogen-bond acceptors (Lipinski definition) is 9. The van der Waals surface area contributed by atoms with E-state index in [-0.39, 0.29) is 31.2 Å². The van der Waals surface area contributed by atoms with Crippen LogP contribution in [0.3, 0.4) is 0 Å². The van der Waals surface area contributed by atoms with Crippen molar-refractivity contribution in [2.75, 3.05) is 7.11 Å². The first-order valence-electron chi connectivity index (χ1n) is 19.0. The molecular formula is C42H52N2O9Sn. The van der Waals surface area contributed by atoms with Gasteiger partial charge in [-0.3, -0.25) is 9.59 Å². The molecule has 2 aliphatic heterocycles. The summed E-state index contributed by atoms with van der Waals surface area (Å²) in [5.41, 5.74) is 2.81. The van der Waals surface area contributed by atoms with Crippen LogP contribution in [0.5, 0.6) is 5.75 Å². The Labute approximate surface area is 322 Å². The molecule has 2 fully saturated rings. The second kappa shape index (κ2) is 20.8. The molecule has 0 N–H and O–H groups in total. The van der Waals surface area contributed by atoms with Gasteiger partial charge in [0.05, 0.1) is 12.7 Å². The predicted octanol–water partition coefficient (Wildman–Crippen LogP) is 7.47. The molecule has 0 radical (unpaired) electrons. The van der Waals surface area contributed by atoms with Gasteiger partial charge in [-0.05, 0) is 41.8 Å². The number of carbonyl (C=O) groups is 6. The fourth-order valence-corrected chi connectivity index (χ4v) is 22.6. The Balaban J connectivity index is 0.000000243. The summed E-state index contributed by atoms with van der Waals surface area (Å²) >= 11 is -2.52. The van der Waals surface area contributed by atoms with E-state index in [0.717, 1.165) is 16.9 Å². The zero-order chi connectivity index (χ0) is 39.1. The molecule has 0 aromatic heterocycles. The molecule has 0 aliphatic carbocycles. The van der Waals surface area contributed by atoms with E-state index in [4.69, 9.17) is 14.4 Å². The molecule has 3 aromatic carbocycles. The van der Waals surface area contributed by atoms with Crippen molar-refractivity contribution in [3.63, 3.8) is 0 Å². The molecule has 54 heavy (non-hydrogen) atoms. The summed E-state index contributed by atoms with van der Waals surface area (Å²) < 4.78 is 10.7. The van der Waals surface area contributed by atoms with Crippen LogP contribution in [0.25, 0.3) is 0 Å². The van der Waals surface area contributed by atoms with Crippen molar-refractivity contribution in [2.45, 2.75) is 105 Å². The van der Waals surface area contributed by atoms with E-state index in [0.29, 0.717) is 22.1 Å². The monoisotopic (exact) mass is 848 g/mol. The molecular weight excluding hydrogens is 795 g/mol. The molecule has 3 aromatic rings. The number of unbranched alkanes of at least 4 members (excludes halogenated alkanes) is 3. The van der Waals surface area contributed by atoms with Gasteiger partial charge in [0.1, 0.15) is 5.75 Å². The summed E-state index contributed by atoms with van der Waals surface area (Å²) in [6, 6.07) is 22.5. The zero-order valence-electron chi connectivity index (χ0n) is 31.9. The van der Waals surface area contributed by atoms with Crippen molar-refractivity contribution in [3.8, 4) is 5.75 Å². The van der Waals surface area contributed by atoms with Gasteiger partial charge in [0, 0.05) is 12.8 Å². The summed E-state index contributed by atoms with van der Waals surface area (Å²) in [4.78, 5) is 80.7. The van der Waals surface area contributed by atoms with Crippen LogP contribution in [0.4, 0.5) is 0 Å². The molecule has 2 aliphatic rings. The van der Waals surface area contributed by atoms with Crippen molar-refractivity contribution < 1.29 is 43.2 Å². The average Bonchev–Trinajstić information content (AvgIpc) is 3.69. The fraction of sp³-hybridized carbons (Fsp3) is 0.429. The van der Waals surface area contributed by atoms with E-state index in [1.165, 1.54) is 55.4 Å². The number of amides is 4. The molecule has 5 rings (SSSR count). The summed E-state index contributed by atoms with van der Waals surface area (Å²) in [6.45, 7) is 6.78. The molecule has 0 spiro atoms. The summed E-state index contributed by atoms with van der Waals surface area (Å²) in [5, 5.41) is 1.16. The minimum Gasteiger partial charge on any atom is -0.497 e. The third-order valence-corrected chi connectivity index (χ3v) is 25.5. The van der Waals surface area contributed by atoms with Gasteiger partial charge in [-0.1, -0.05) is 24.3 Å². The smallest absolute Gasteiger partial charge is 0.363 e. The van der Waals surface area contributed by atoms with E-state index in [9.17, 15) is 28.8 Å². The number of nitrogens with zero attached hydrogens (tertiary/aromatic N) is 2. The number of carbonyl (C=O) groups excluding carboxylic acids is 6. The molecule has 0 saturated carbocycles. The minimum atomic E-state index is -2.52. The number of hydroxylamine groups is 4. The summed E-state index contributed by atoms with van der Waals surface area (Å²) in [6.07, 6.45) is 8.59. The molecule has 288 valence electrons. The summed E-state index contributed by atoms with van der Waals surface area (Å²) in [7, 11) is 1.62. The Morgan fingerprint density at radius 3 is 1.26 bits per heavy atom. The van der Waals surface area contributed by atoms with Gasteiger partial charge in [0.25, 0.3) is 11.8 Å². The molecule has 4 amide bonds. The van der Waals surface area contributed by atoms with E-state index in [1.54, 1.807) is 19.2 Å². The first-order chi connectivity index (χ1) is 26.0. The number of hydrogen-bond donors (Lipinski definition) is 0. The van der Waals surface area contributed by atoms with Gasteiger partial charge in [-0.25, -0.2) is 4.79 Å². The largest absolute Gasteiger partial charge is 0.497 e. The Kier molecular flexibility index (Phi) is 16.3. The van der Waals surface area contributed by atoms with E-state index >= 15 is 0 Å². The molecule has 12 heteroatoms. The third-order valence-electron chi connectivity index (χ3n) is 9.88. The Morgan fingerprint density at radius 2 is 0.907 bits per heavy atom. The van der Waals surface area contributed by atoms with Crippen molar-refractivity contribution in [1.29, 1.82) is 0 Å². The maximum atomic E-state index is 12.4. The average molecular weight is 848 g/mol. The van der Waals surface area contributed by atoms with Gasteiger partial charge >= 0.3 is 185 Å². The minimum absolute atomic E-state index is 0.0763. The number of rotatable bonds is 17. The van der Waals surface area contributed by atoms with Crippen LogP contribution < -0.4 is 8.32 Å². The van der Waals surface area contributed by atoms with Crippen molar-refractivity contribution in [1.82, 2.24) is 10.1 Å². The standard InChI is InChI=1S/C19H17NO5.C11H8NO4.3C4H9.Sn/c1-24-16-8-4-14(5-9-16)12-13-2-6-15(7-3-13)19(23)25-20-17(21)10-11-18(20)22;13-9-6-7-10(14)12(9)16-11(15)8-4-2-1-3-5-8;3*1-3-4-2;/h2-9H,10-12H2,1H3;2-5H,6-7H2;3*1,3-4H2,2H3;. The van der Waals surface area contributed by atoms with Crippen molar-refractivity contribution >= 4 is 57.5 Å². The van der Waals surface area contributed by atoms with Crippen LogP contribution in [0.2, 0.25) is 13.3 Å². The number of benzene rings is 3.